The number of carbonyl (C=O) groups is 1. The van der Waals surface area contributed by atoms with E-state index in [0.29, 0.717) is 18.0 Å². The van der Waals surface area contributed by atoms with Crippen LogP contribution in [0.15, 0.2) is 28.2 Å². The quantitative estimate of drug-likeness (QED) is 0.476. The van der Waals surface area contributed by atoms with Gasteiger partial charge in [0, 0.05) is 6.92 Å². The van der Waals surface area contributed by atoms with Crippen molar-refractivity contribution in [3.05, 3.63) is 23.8 Å². The van der Waals surface area contributed by atoms with Gasteiger partial charge in [-0.2, -0.15) is 9.98 Å². The van der Waals surface area contributed by atoms with E-state index in [1.54, 1.807) is 26.0 Å². The van der Waals surface area contributed by atoms with E-state index in [-0.39, 0.29) is 5.97 Å². The number of esters is 1. The molecule has 0 N–H and O–H groups in total. The van der Waals surface area contributed by atoms with E-state index in [1.807, 2.05) is 0 Å². The van der Waals surface area contributed by atoms with Crippen molar-refractivity contribution in [2.45, 2.75) is 20.8 Å². The first kappa shape index (κ1) is 16.4. The Balaban J connectivity index is 0.000000459. The van der Waals surface area contributed by atoms with Crippen LogP contribution in [0.5, 0.6) is 0 Å². The summed E-state index contributed by atoms with van der Waals surface area (Å²) in [4.78, 5) is 36.6. The predicted molar refractivity (Wildman–Crippen MR) is 69.0 cm³/mol. The van der Waals surface area contributed by atoms with Gasteiger partial charge in [0.25, 0.3) is 0 Å². The summed E-state index contributed by atoms with van der Waals surface area (Å²) in [5, 5.41) is 0. The van der Waals surface area contributed by atoms with Crippen molar-refractivity contribution >= 4 is 29.5 Å². The first-order valence-electron chi connectivity index (χ1n) is 5.44. The Bertz CT molecular complexity index is 527. The molecule has 0 heterocycles. The normalized spacial score (nSPS) is 8.16. The van der Waals surface area contributed by atoms with Crippen LogP contribution in [0, 0.1) is 6.92 Å². The highest BCUT2D eigenvalue weighted by atomic mass is 16.5. The van der Waals surface area contributed by atoms with Crippen LogP contribution >= 0.6 is 0 Å². The summed E-state index contributed by atoms with van der Waals surface area (Å²) in [6.45, 7) is 5.45. The summed E-state index contributed by atoms with van der Waals surface area (Å²) in [5.74, 6) is -0.211. The molecule has 0 unspecified atom stereocenters. The molecule has 0 aliphatic rings. The molecule has 0 amide bonds. The van der Waals surface area contributed by atoms with Crippen LogP contribution in [0.3, 0.4) is 0 Å². The molecule has 6 nitrogen and oxygen atoms in total. The zero-order chi connectivity index (χ0) is 14.7. The average Bonchev–Trinajstić information content (AvgIpc) is 2.35. The number of aryl methyl sites for hydroxylation is 1. The lowest BCUT2D eigenvalue weighted by molar-refractivity contribution is -0.140. The van der Waals surface area contributed by atoms with Gasteiger partial charge in [0.1, 0.15) is 0 Å². The minimum absolute atomic E-state index is 0.211. The molecule has 0 atom stereocenters. The predicted octanol–water partition coefficient (Wildman–Crippen LogP) is 2.50. The highest BCUT2D eigenvalue weighted by Gasteiger charge is 1.97. The third kappa shape index (κ3) is 7.39. The van der Waals surface area contributed by atoms with E-state index in [2.05, 4.69) is 14.7 Å². The van der Waals surface area contributed by atoms with Crippen molar-refractivity contribution in [1.82, 2.24) is 0 Å². The Kier molecular flexibility index (Phi) is 8.21. The minimum atomic E-state index is -0.211. The van der Waals surface area contributed by atoms with E-state index in [1.165, 1.54) is 25.1 Å². The standard InChI is InChI=1S/C9H6N2O2.C4H8O2/c1-7-2-3-8(10-5-12)4-9(7)11-6-13;1-3-6-4(2)5/h2-4H,1H3;3H2,1-2H3. The van der Waals surface area contributed by atoms with E-state index < -0.39 is 0 Å². The summed E-state index contributed by atoms with van der Waals surface area (Å²) in [7, 11) is 0. The van der Waals surface area contributed by atoms with Gasteiger partial charge >= 0.3 is 5.97 Å². The van der Waals surface area contributed by atoms with Gasteiger partial charge in [-0.25, -0.2) is 9.59 Å². The number of hydrogen-bond donors (Lipinski definition) is 0. The summed E-state index contributed by atoms with van der Waals surface area (Å²) < 4.78 is 4.40. The van der Waals surface area contributed by atoms with Gasteiger partial charge in [-0.15, -0.1) is 0 Å². The van der Waals surface area contributed by atoms with Crippen molar-refractivity contribution in [3.8, 4) is 0 Å². The van der Waals surface area contributed by atoms with Crippen molar-refractivity contribution < 1.29 is 19.1 Å². The van der Waals surface area contributed by atoms with Crippen molar-refractivity contribution in [3.63, 3.8) is 0 Å². The smallest absolute Gasteiger partial charge is 0.302 e. The number of ether oxygens (including phenoxy) is 1. The van der Waals surface area contributed by atoms with Crippen molar-refractivity contribution in [2.75, 3.05) is 6.61 Å². The van der Waals surface area contributed by atoms with E-state index in [0.717, 1.165) is 5.56 Å². The number of nitrogens with zero attached hydrogens (tertiary/aromatic N) is 2. The van der Waals surface area contributed by atoms with Gasteiger partial charge in [-0.3, -0.25) is 4.79 Å². The summed E-state index contributed by atoms with van der Waals surface area (Å²) in [6, 6.07) is 4.88. The molecule has 0 aromatic heterocycles. The number of hydrogen-bond acceptors (Lipinski definition) is 6. The largest absolute Gasteiger partial charge is 0.466 e. The minimum Gasteiger partial charge on any atom is -0.466 e. The molecule has 19 heavy (non-hydrogen) atoms. The SMILES string of the molecule is CCOC(C)=O.Cc1ccc(N=C=O)cc1N=C=O. The van der Waals surface area contributed by atoms with Crippen LogP contribution in [0.4, 0.5) is 11.4 Å². The van der Waals surface area contributed by atoms with Gasteiger partial charge in [-0.1, -0.05) is 6.07 Å². The fraction of sp³-hybridized carbons (Fsp3) is 0.308. The second kappa shape index (κ2) is 9.48. The maximum absolute atomic E-state index is 10.00. The molecule has 0 aliphatic carbocycles. The lowest BCUT2D eigenvalue weighted by Crippen LogP contribution is -1.95. The molecule has 0 aliphatic heterocycles. The Labute approximate surface area is 110 Å². The molecule has 1 aromatic rings. The van der Waals surface area contributed by atoms with E-state index >= 15 is 0 Å². The first-order valence-corrected chi connectivity index (χ1v) is 5.44. The third-order valence-electron chi connectivity index (χ3n) is 1.88. The number of aliphatic imine (C=N–C) groups is 2. The monoisotopic (exact) mass is 262 g/mol. The molecule has 0 saturated heterocycles. The maximum atomic E-state index is 10.00. The first-order chi connectivity index (χ1) is 9.04. The summed E-state index contributed by atoms with van der Waals surface area (Å²) >= 11 is 0. The lowest BCUT2D eigenvalue weighted by Gasteiger charge is -1.97. The van der Waals surface area contributed by atoms with Gasteiger partial charge < -0.3 is 4.74 Å². The Morgan fingerprint density at radius 1 is 1.26 bits per heavy atom. The molecular formula is C13H14N2O4. The topological polar surface area (TPSA) is 85.2 Å². The van der Waals surface area contributed by atoms with E-state index in [9.17, 15) is 14.4 Å². The second-order valence-electron chi connectivity index (χ2n) is 3.30. The molecule has 6 heteroatoms. The Morgan fingerprint density at radius 2 is 1.89 bits per heavy atom. The lowest BCUT2D eigenvalue weighted by atomic mass is 10.2. The molecule has 1 aromatic carbocycles. The zero-order valence-corrected chi connectivity index (χ0v) is 11.0. The van der Waals surface area contributed by atoms with Gasteiger partial charge in [0.2, 0.25) is 12.2 Å². The van der Waals surface area contributed by atoms with Crippen LogP contribution < -0.4 is 0 Å². The maximum Gasteiger partial charge on any atom is 0.302 e. The fourth-order valence-corrected chi connectivity index (χ4v) is 1.09. The van der Waals surface area contributed by atoms with Gasteiger partial charge in [-0.05, 0) is 31.5 Å². The van der Waals surface area contributed by atoms with E-state index in [4.69, 9.17) is 0 Å². The number of rotatable bonds is 3. The van der Waals surface area contributed by atoms with Crippen molar-refractivity contribution in [2.24, 2.45) is 9.98 Å². The molecule has 0 radical (unpaired) electrons. The molecule has 100 valence electrons. The molecule has 0 bridgehead atoms. The summed E-state index contributed by atoms with van der Waals surface area (Å²) in [6.07, 6.45) is 2.84. The highest BCUT2D eigenvalue weighted by molar-refractivity contribution is 5.65. The third-order valence-corrected chi connectivity index (χ3v) is 1.88. The fourth-order valence-electron chi connectivity index (χ4n) is 1.09. The van der Waals surface area contributed by atoms with Crippen LogP contribution in [0.1, 0.15) is 19.4 Å². The molecule has 0 saturated carbocycles. The van der Waals surface area contributed by atoms with Crippen molar-refractivity contribution in [1.29, 1.82) is 0 Å². The molecule has 0 fully saturated rings. The number of benzene rings is 1. The summed E-state index contributed by atoms with van der Waals surface area (Å²) in [5.41, 5.74) is 1.72. The Morgan fingerprint density at radius 3 is 2.32 bits per heavy atom. The number of isocyanates is 2. The van der Waals surface area contributed by atoms with Crippen LogP contribution in [0.2, 0.25) is 0 Å². The van der Waals surface area contributed by atoms with Crippen LogP contribution in [-0.2, 0) is 19.1 Å². The Hall–Kier alpha value is -2.55. The second-order valence-corrected chi connectivity index (χ2v) is 3.30. The molecular weight excluding hydrogens is 248 g/mol. The van der Waals surface area contributed by atoms with Crippen LogP contribution in [0.25, 0.3) is 0 Å². The van der Waals surface area contributed by atoms with Crippen LogP contribution in [-0.4, -0.2) is 24.7 Å². The van der Waals surface area contributed by atoms with Gasteiger partial charge in [0.15, 0.2) is 0 Å². The van der Waals surface area contributed by atoms with Gasteiger partial charge in [0.05, 0.1) is 18.0 Å². The zero-order valence-electron chi connectivity index (χ0n) is 11.0. The average molecular weight is 262 g/mol. The highest BCUT2D eigenvalue weighted by Crippen LogP contribution is 2.23. The molecule has 1 rings (SSSR count). The number of carbonyl (C=O) groups excluding carboxylic acids is 3. The molecule has 0 spiro atoms.